The van der Waals surface area contributed by atoms with Crippen molar-refractivity contribution in [3.63, 3.8) is 0 Å². The largest absolute Gasteiger partial charge is 0.369 e. The van der Waals surface area contributed by atoms with Crippen LogP contribution in [0.2, 0.25) is 5.02 Å². The standard InChI is InChI=1S/C11H13Cl2IO/c1-11(7-12,8-14)15-6-9-2-4-10(13)5-3-9/h2-5H,6-8H2,1H3. The van der Waals surface area contributed by atoms with Crippen molar-refractivity contribution in [1.29, 1.82) is 0 Å². The molecule has 0 saturated carbocycles. The van der Waals surface area contributed by atoms with Crippen molar-refractivity contribution >= 4 is 45.8 Å². The van der Waals surface area contributed by atoms with E-state index in [2.05, 4.69) is 22.6 Å². The highest BCUT2D eigenvalue weighted by atomic mass is 127. The molecule has 0 bridgehead atoms. The molecule has 0 radical (unpaired) electrons. The molecule has 0 fully saturated rings. The Kier molecular flexibility index (Phi) is 5.68. The van der Waals surface area contributed by atoms with Crippen LogP contribution in [0.5, 0.6) is 0 Å². The van der Waals surface area contributed by atoms with Crippen LogP contribution in [0.3, 0.4) is 0 Å². The molecule has 1 aromatic rings. The average molecular weight is 359 g/mol. The molecule has 0 heterocycles. The van der Waals surface area contributed by atoms with Crippen LogP contribution in [-0.2, 0) is 11.3 Å². The van der Waals surface area contributed by atoms with E-state index in [0.717, 1.165) is 15.0 Å². The van der Waals surface area contributed by atoms with Gasteiger partial charge >= 0.3 is 0 Å². The first kappa shape index (κ1) is 13.6. The second-order valence-electron chi connectivity index (χ2n) is 3.63. The van der Waals surface area contributed by atoms with E-state index in [-0.39, 0.29) is 5.60 Å². The molecule has 0 spiro atoms. The number of hydrogen-bond donors (Lipinski definition) is 0. The number of benzene rings is 1. The quantitative estimate of drug-likeness (QED) is 0.563. The summed E-state index contributed by atoms with van der Waals surface area (Å²) in [6.07, 6.45) is 0. The lowest BCUT2D eigenvalue weighted by Gasteiger charge is -2.25. The molecule has 0 aliphatic carbocycles. The van der Waals surface area contributed by atoms with E-state index in [1.165, 1.54) is 0 Å². The molecule has 4 heteroatoms. The molecule has 0 aliphatic heterocycles. The molecule has 1 unspecified atom stereocenters. The molecule has 1 nitrogen and oxygen atoms in total. The first-order chi connectivity index (χ1) is 7.09. The summed E-state index contributed by atoms with van der Waals surface area (Å²) in [7, 11) is 0. The van der Waals surface area contributed by atoms with Crippen molar-refractivity contribution in [2.45, 2.75) is 19.1 Å². The zero-order chi connectivity index (χ0) is 11.3. The molecule has 1 rings (SSSR count). The summed E-state index contributed by atoms with van der Waals surface area (Å²) >= 11 is 13.9. The van der Waals surface area contributed by atoms with E-state index in [1.807, 2.05) is 31.2 Å². The maximum Gasteiger partial charge on any atom is 0.0882 e. The van der Waals surface area contributed by atoms with Crippen molar-refractivity contribution in [1.82, 2.24) is 0 Å². The van der Waals surface area contributed by atoms with Crippen LogP contribution in [0.4, 0.5) is 0 Å². The van der Waals surface area contributed by atoms with Gasteiger partial charge in [0.1, 0.15) is 0 Å². The molecule has 0 amide bonds. The minimum atomic E-state index is -0.248. The van der Waals surface area contributed by atoms with Gasteiger partial charge in [-0.05, 0) is 24.6 Å². The highest BCUT2D eigenvalue weighted by molar-refractivity contribution is 14.1. The van der Waals surface area contributed by atoms with Gasteiger partial charge in [0.15, 0.2) is 0 Å². The Morgan fingerprint density at radius 2 is 1.93 bits per heavy atom. The molecule has 0 aromatic heterocycles. The first-order valence-corrected chi connectivity index (χ1v) is 7.04. The summed E-state index contributed by atoms with van der Waals surface area (Å²) in [5, 5.41) is 0.743. The van der Waals surface area contributed by atoms with E-state index in [0.29, 0.717) is 12.5 Å². The van der Waals surface area contributed by atoms with Gasteiger partial charge < -0.3 is 4.74 Å². The molecule has 0 N–H and O–H groups in total. The van der Waals surface area contributed by atoms with E-state index in [4.69, 9.17) is 27.9 Å². The fourth-order valence-electron chi connectivity index (χ4n) is 0.951. The Morgan fingerprint density at radius 1 is 1.33 bits per heavy atom. The summed E-state index contributed by atoms with van der Waals surface area (Å²) in [6.45, 7) is 2.59. The first-order valence-electron chi connectivity index (χ1n) is 4.60. The Bertz CT molecular complexity index is 296. The average Bonchev–Trinajstić information content (AvgIpc) is 2.28. The predicted molar refractivity (Wildman–Crippen MR) is 74.3 cm³/mol. The minimum Gasteiger partial charge on any atom is -0.369 e. The predicted octanol–water partition coefficient (Wildman–Crippen LogP) is 4.29. The van der Waals surface area contributed by atoms with Crippen LogP contribution in [0.1, 0.15) is 12.5 Å². The Balaban J connectivity index is 2.53. The number of ether oxygens (including phenoxy) is 1. The lowest BCUT2D eigenvalue weighted by Crippen LogP contribution is -2.32. The smallest absolute Gasteiger partial charge is 0.0882 e. The highest BCUT2D eigenvalue weighted by Crippen LogP contribution is 2.19. The lowest BCUT2D eigenvalue weighted by molar-refractivity contribution is -0.00641. The van der Waals surface area contributed by atoms with Crippen LogP contribution in [-0.4, -0.2) is 15.9 Å². The van der Waals surface area contributed by atoms with Crippen molar-refractivity contribution in [2.24, 2.45) is 0 Å². The Hall–Kier alpha value is 0.490. The third kappa shape index (κ3) is 4.47. The van der Waals surface area contributed by atoms with Crippen molar-refractivity contribution in [3.8, 4) is 0 Å². The molecule has 0 saturated heterocycles. The SMILES string of the molecule is CC(CCl)(CI)OCc1ccc(Cl)cc1. The van der Waals surface area contributed by atoms with Crippen LogP contribution in [0, 0.1) is 0 Å². The van der Waals surface area contributed by atoms with E-state index >= 15 is 0 Å². The van der Waals surface area contributed by atoms with Crippen LogP contribution >= 0.6 is 45.8 Å². The summed E-state index contributed by atoms with van der Waals surface area (Å²) in [6, 6.07) is 7.65. The lowest BCUT2D eigenvalue weighted by atomic mass is 10.2. The molecule has 15 heavy (non-hydrogen) atoms. The van der Waals surface area contributed by atoms with Gasteiger partial charge in [0.25, 0.3) is 0 Å². The number of alkyl halides is 2. The van der Waals surface area contributed by atoms with Crippen molar-refractivity contribution in [2.75, 3.05) is 10.3 Å². The minimum absolute atomic E-state index is 0.248. The summed E-state index contributed by atoms with van der Waals surface area (Å²) < 4.78 is 6.65. The summed E-state index contributed by atoms with van der Waals surface area (Å²) in [5.74, 6) is 0.504. The van der Waals surface area contributed by atoms with Crippen molar-refractivity contribution in [3.05, 3.63) is 34.9 Å². The van der Waals surface area contributed by atoms with Gasteiger partial charge in [-0.1, -0.05) is 46.3 Å². The number of rotatable bonds is 5. The molecular weight excluding hydrogens is 346 g/mol. The third-order valence-electron chi connectivity index (χ3n) is 2.07. The summed E-state index contributed by atoms with van der Waals surface area (Å²) in [5.41, 5.74) is 0.863. The van der Waals surface area contributed by atoms with Crippen LogP contribution < -0.4 is 0 Å². The second-order valence-corrected chi connectivity index (χ2v) is 5.10. The fraction of sp³-hybridized carbons (Fsp3) is 0.455. The molecule has 1 atom stereocenters. The van der Waals surface area contributed by atoms with Crippen LogP contribution in [0.15, 0.2) is 24.3 Å². The fourth-order valence-corrected chi connectivity index (χ4v) is 2.06. The second kappa shape index (κ2) is 6.28. The molecule has 1 aromatic carbocycles. The van der Waals surface area contributed by atoms with E-state index in [9.17, 15) is 0 Å². The van der Waals surface area contributed by atoms with Gasteiger partial charge in [0, 0.05) is 9.45 Å². The zero-order valence-electron chi connectivity index (χ0n) is 8.47. The van der Waals surface area contributed by atoms with E-state index < -0.39 is 0 Å². The molecule has 0 aliphatic rings. The van der Waals surface area contributed by atoms with Gasteiger partial charge in [-0.15, -0.1) is 11.6 Å². The maximum atomic E-state index is 5.85. The van der Waals surface area contributed by atoms with Gasteiger partial charge in [0.2, 0.25) is 0 Å². The third-order valence-corrected chi connectivity index (χ3v) is 4.50. The van der Waals surface area contributed by atoms with Crippen molar-refractivity contribution < 1.29 is 4.74 Å². The van der Waals surface area contributed by atoms with Gasteiger partial charge in [0.05, 0.1) is 18.1 Å². The number of halogens is 3. The summed E-state index contributed by atoms with van der Waals surface area (Å²) in [4.78, 5) is 0. The molecular formula is C11H13Cl2IO. The topological polar surface area (TPSA) is 9.23 Å². The van der Waals surface area contributed by atoms with Gasteiger partial charge in [-0.2, -0.15) is 0 Å². The van der Waals surface area contributed by atoms with Crippen LogP contribution in [0.25, 0.3) is 0 Å². The van der Waals surface area contributed by atoms with Gasteiger partial charge in [-0.3, -0.25) is 0 Å². The number of hydrogen-bond acceptors (Lipinski definition) is 1. The highest BCUT2D eigenvalue weighted by Gasteiger charge is 2.22. The van der Waals surface area contributed by atoms with Gasteiger partial charge in [-0.25, -0.2) is 0 Å². The Labute approximate surface area is 114 Å². The normalized spacial score (nSPS) is 14.9. The molecule has 84 valence electrons. The Morgan fingerprint density at radius 3 is 2.40 bits per heavy atom. The van der Waals surface area contributed by atoms with E-state index in [1.54, 1.807) is 0 Å². The maximum absolute atomic E-state index is 5.85. The zero-order valence-corrected chi connectivity index (χ0v) is 12.1. The monoisotopic (exact) mass is 358 g/mol.